The van der Waals surface area contributed by atoms with Crippen molar-refractivity contribution in [3.8, 4) is 17.2 Å². The lowest BCUT2D eigenvalue weighted by Gasteiger charge is -2.16. The highest BCUT2D eigenvalue weighted by molar-refractivity contribution is 5.84. The molecule has 48 heavy (non-hydrogen) atoms. The van der Waals surface area contributed by atoms with Gasteiger partial charge in [-0.15, -0.1) is 0 Å². The molecule has 0 fully saturated rings. The number of ether oxygens (including phenoxy) is 3. The van der Waals surface area contributed by atoms with E-state index in [1.807, 2.05) is 91.1 Å². The first-order chi connectivity index (χ1) is 23.3. The molecule has 0 radical (unpaired) electrons. The van der Waals surface area contributed by atoms with Gasteiger partial charge in [0.25, 0.3) is 0 Å². The number of esters is 1. The van der Waals surface area contributed by atoms with Crippen LogP contribution in [0.5, 0.6) is 17.2 Å². The maximum Gasteiger partial charge on any atom is 0.336 e. The first-order valence-corrected chi connectivity index (χ1v) is 17.9. The minimum atomic E-state index is -0.385. The molecule has 0 saturated carbocycles. The summed E-state index contributed by atoms with van der Waals surface area (Å²) < 4.78 is 16.9. The van der Waals surface area contributed by atoms with E-state index < -0.39 is 0 Å². The number of carbonyl (C=O) groups excluding carboxylic acids is 1. The number of hydrogen-bond acceptors (Lipinski definition) is 4. The number of benzene rings is 2. The van der Waals surface area contributed by atoms with Crippen LogP contribution in [-0.4, -0.2) is 20.2 Å². The zero-order valence-corrected chi connectivity index (χ0v) is 30.5. The zero-order chi connectivity index (χ0) is 34.8. The zero-order valence-electron chi connectivity index (χ0n) is 30.5. The maximum atomic E-state index is 12.9. The number of rotatable bonds is 23. The van der Waals surface area contributed by atoms with E-state index in [0.717, 1.165) is 66.2 Å². The predicted molar refractivity (Wildman–Crippen MR) is 205 cm³/mol. The van der Waals surface area contributed by atoms with Crippen molar-refractivity contribution in [1.29, 1.82) is 0 Å². The van der Waals surface area contributed by atoms with Crippen LogP contribution >= 0.6 is 0 Å². The van der Waals surface area contributed by atoms with Gasteiger partial charge in [-0.25, -0.2) is 4.79 Å². The summed E-state index contributed by atoms with van der Waals surface area (Å²) in [7, 11) is 3.38. The molecule has 260 valence electrons. The molecule has 0 atom stereocenters. The van der Waals surface area contributed by atoms with Gasteiger partial charge >= 0.3 is 5.97 Å². The highest BCUT2D eigenvalue weighted by Gasteiger charge is 2.15. The van der Waals surface area contributed by atoms with Gasteiger partial charge in [0.15, 0.2) is 0 Å². The van der Waals surface area contributed by atoms with Crippen molar-refractivity contribution in [3.05, 3.63) is 120 Å². The average molecular weight is 653 g/mol. The van der Waals surface area contributed by atoms with Crippen LogP contribution in [0.15, 0.2) is 103 Å². The van der Waals surface area contributed by atoms with Gasteiger partial charge in [-0.1, -0.05) is 152 Å². The molecule has 2 aromatic carbocycles. The molecular weight excluding hydrogens is 592 g/mol. The number of carbonyl (C=O) groups is 1. The monoisotopic (exact) mass is 652 g/mol. The van der Waals surface area contributed by atoms with Crippen molar-refractivity contribution >= 4 is 12.0 Å². The molecule has 0 aliphatic carbocycles. The van der Waals surface area contributed by atoms with Crippen molar-refractivity contribution in [1.82, 2.24) is 0 Å². The van der Waals surface area contributed by atoms with E-state index in [1.165, 1.54) is 44.6 Å². The standard InChI is InChI=1S/C44H60O4/c1-36(2)24-19-15-13-14-17-21-28-41-42(47-6)34-39(27-23-25-37(3)4)35-43(41)48-44(45)29-22-18-12-10-8-7-9-11-16-20-26-38-30-32-40(46-5)33-31-38/h7-12,16,18,20,22,26,29-37H,13-15,17,19,21,23-25,27-28H2,1-6H3. The normalized spacial score (nSPS) is 12.4. The Balaban J connectivity index is 1.91. The van der Waals surface area contributed by atoms with Gasteiger partial charge in [0.05, 0.1) is 14.2 Å². The van der Waals surface area contributed by atoms with Gasteiger partial charge in [-0.05, 0) is 72.9 Å². The minimum Gasteiger partial charge on any atom is -0.497 e. The van der Waals surface area contributed by atoms with E-state index in [0.29, 0.717) is 11.7 Å². The molecule has 0 bridgehead atoms. The van der Waals surface area contributed by atoms with Crippen molar-refractivity contribution in [3.63, 3.8) is 0 Å². The topological polar surface area (TPSA) is 44.8 Å². The van der Waals surface area contributed by atoms with E-state index in [1.54, 1.807) is 20.3 Å². The minimum absolute atomic E-state index is 0.385. The van der Waals surface area contributed by atoms with Gasteiger partial charge < -0.3 is 14.2 Å². The largest absolute Gasteiger partial charge is 0.497 e. The summed E-state index contributed by atoms with van der Waals surface area (Å²) in [6.07, 6.45) is 35.4. The number of aryl methyl sites for hydroxylation is 1. The smallest absolute Gasteiger partial charge is 0.336 e. The molecule has 0 aliphatic rings. The summed E-state index contributed by atoms with van der Waals surface area (Å²) in [5.74, 6) is 3.36. The summed E-state index contributed by atoms with van der Waals surface area (Å²) in [6.45, 7) is 9.08. The quantitative estimate of drug-likeness (QED) is 0.0394. The molecule has 4 nitrogen and oxygen atoms in total. The second-order valence-electron chi connectivity index (χ2n) is 13.1. The number of allylic oxidation sites excluding steroid dienone is 10. The third-order valence-electron chi connectivity index (χ3n) is 8.00. The molecule has 0 spiro atoms. The SMILES string of the molecule is COc1ccc(C=CC=CC=CC=CC=CC=CC(=O)Oc2cc(CCCC(C)C)cc(OC)c2CCCCCCCCC(C)C)cc1. The molecule has 2 rings (SSSR count). The Bertz CT molecular complexity index is 1350. The van der Waals surface area contributed by atoms with Crippen molar-refractivity contribution in [2.24, 2.45) is 11.8 Å². The lowest BCUT2D eigenvalue weighted by molar-refractivity contribution is -0.129. The summed E-state index contributed by atoms with van der Waals surface area (Å²) in [6, 6.07) is 12.1. The second-order valence-corrected chi connectivity index (χ2v) is 13.1. The molecule has 0 saturated heterocycles. The van der Waals surface area contributed by atoms with Crippen LogP contribution in [0.1, 0.15) is 102 Å². The van der Waals surface area contributed by atoms with Crippen LogP contribution in [-0.2, 0) is 17.6 Å². The van der Waals surface area contributed by atoms with E-state index in [-0.39, 0.29) is 5.97 Å². The van der Waals surface area contributed by atoms with Crippen LogP contribution in [0.3, 0.4) is 0 Å². The summed E-state index contributed by atoms with van der Waals surface area (Å²) >= 11 is 0. The first-order valence-electron chi connectivity index (χ1n) is 17.9. The Morgan fingerprint density at radius 2 is 1.15 bits per heavy atom. The maximum absolute atomic E-state index is 12.9. The average Bonchev–Trinajstić information content (AvgIpc) is 3.06. The van der Waals surface area contributed by atoms with Gasteiger partial charge in [-0.2, -0.15) is 0 Å². The van der Waals surface area contributed by atoms with Crippen molar-refractivity contribution in [2.45, 2.75) is 98.3 Å². The van der Waals surface area contributed by atoms with Gasteiger partial charge in [0.1, 0.15) is 17.2 Å². The molecule has 0 unspecified atom stereocenters. The number of methoxy groups -OCH3 is 2. The Morgan fingerprint density at radius 1 is 0.604 bits per heavy atom. The van der Waals surface area contributed by atoms with Crippen LogP contribution in [0, 0.1) is 11.8 Å². The van der Waals surface area contributed by atoms with Gasteiger partial charge in [-0.3, -0.25) is 0 Å². The number of hydrogen-bond donors (Lipinski definition) is 0. The fourth-order valence-electron chi connectivity index (χ4n) is 5.29. The van der Waals surface area contributed by atoms with E-state index in [9.17, 15) is 4.79 Å². The molecule has 0 N–H and O–H groups in total. The number of unbranched alkanes of at least 4 members (excludes halogenated alkanes) is 5. The Hall–Kier alpha value is -4.05. The van der Waals surface area contributed by atoms with Gasteiger partial charge in [0.2, 0.25) is 0 Å². The highest BCUT2D eigenvalue weighted by atomic mass is 16.5. The van der Waals surface area contributed by atoms with E-state index in [2.05, 4.69) is 33.8 Å². The van der Waals surface area contributed by atoms with E-state index in [4.69, 9.17) is 14.2 Å². The fraction of sp³-hybridized carbons (Fsp3) is 0.432. The molecular formula is C44H60O4. The van der Waals surface area contributed by atoms with Crippen LogP contribution in [0.2, 0.25) is 0 Å². The lowest BCUT2D eigenvalue weighted by atomic mass is 9.97. The summed E-state index contributed by atoms with van der Waals surface area (Å²) in [5, 5.41) is 0. The second kappa shape index (κ2) is 25.0. The molecule has 4 heteroatoms. The van der Waals surface area contributed by atoms with Crippen molar-refractivity contribution in [2.75, 3.05) is 14.2 Å². The van der Waals surface area contributed by atoms with Crippen LogP contribution < -0.4 is 14.2 Å². The molecule has 0 aromatic heterocycles. The third kappa shape index (κ3) is 18.3. The highest BCUT2D eigenvalue weighted by Crippen LogP contribution is 2.33. The van der Waals surface area contributed by atoms with Crippen LogP contribution in [0.4, 0.5) is 0 Å². The van der Waals surface area contributed by atoms with Gasteiger partial charge in [0, 0.05) is 11.6 Å². The lowest BCUT2D eigenvalue weighted by Crippen LogP contribution is -2.08. The fourth-order valence-corrected chi connectivity index (χ4v) is 5.29. The Labute approximate surface area is 292 Å². The predicted octanol–water partition coefficient (Wildman–Crippen LogP) is 12.0. The summed E-state index contributed by atoms with van der Waals surface area (Å²) in [4.78, 5) is 12.9. The Morgan fingerprint density at radius 3 is 1.75 bits per heavy atom. The Kier molecular flexibility index (Phi) is 20.9. The van der Waals surface area contributed by atoms with E-state index >= 15 is 0 Å². The molecule has 0 heterocycles. The first kappa shape index (κ1) is 40.1. The third-order valence-corrected chi connectivity index (χ3v) is 8.00. The molecule has 0 amide bonds. The van der Waals surface area contributed by atoms with Crippen molar-refractivity contribution < 1.29 is 19.0 Å². The molecule has 2 aromatic rings. The molecule has 0 aliphatic heterocycles. The summed E-state index contributed by atoms with van der Waals surface area (Å²) in [5.41, 5.74) is 3.25. The van der Waals surface area contributed by atoms with Crippen LogP contribution in [0.25, 0.3) is 6.08 Å².